The Hall–Kier alpha value is -1.81. The van der Waals surface area contributed by atoms with Crippen LogP contribution < -0.4 is 0 Å². The molecule has 0 radical (unpaired) electrons. The van der Waals surface area contributed by atoms with Crippen LogP contribution in [0.1, 0.15) is 18.9 Å². The number of hydrogen-bond donors (Lipinski definition) is 0. The molecule has 0 aliphatic heterocycles. The molecule has 0 saturated carbocycles. The van der Waals surface area contributed by atoms with Crippen LogP contribution in [0.4, 0.5) is 4.39 Å². The number of benzene rings is 1. The Balaban J connectivity index is 2.11. The number of hydrogen-bond acceptors (Lipinski definition) is 0. The van der Waals surface area contributed by atoms with Crippen molar-refractivity contribution >= 4 is 0 Å². The molecular formula is C15H13F. The lowest BCUT2D eigenvalue weighted by Gasteiger charge is -2.16. The zero-order valence-electron chi connectivity index (χ0n) is 9.20. The predicted octanol–water partition coefficient (Wildman–Crippen LogP) is 3.65. The third kappa shape index (κ3) is 2.84. The van der Waals surface area contributed by atoms with Crippen molar-refractivity contribution in [2.24, 2.45) is 0 Å². The monoisotopic (exact) mass is 212 g/mol. The minimum atomic E-state index is -1.21. The summed E-state index contributed by atoms with van der Waals surface area (Å²) in [5.41, 5.74) is 0.655. The van der Waals surface area contributed by atoms with Crippen molar-refractivity contribution in [2.75, 3.05) is 0 Å². The Bertz CT molecular complexity index is 481. The van der Waals surface area contributed by atoms with Gasteiger partial charge in [-0.25, -0.2) is 4.39 Å². The average molecular weight is 212 g/mol. The van der Waals surface area contributed by atoms with Gasteiger partial charge in [-0.2, -0.15) is 0 Å². The highest BCUT2D eigenvalue weighted by Gasteiger charge is 2.19. The molecule has 0 heterocycles. The predicted molar refractivity (Wildman–Crippen MR) is 64.7 cm³/mol. The van der Waals surface area contributed by atoms with Crippen LogP contribution in [0.5, 0.6) is 0 Å². The zero-order chi connectivity index (χ0) is 11.4. The summed E-state index contributed by atoms with van der Waals surface area (Å²) >= 11 is 0. The molecule has 0 aromatic heterocycles. The van der Waals surface area contributed by atoms with Crippen LogP contribution in [-0.2, 0) is 0 Å². The van der Waals surface area contributed by atoms with Crippen molar-refractivity contribution in [3.05, 3.63) is 59.7 Å². The van der Waals surface area contributed by atoms with Gasteiger partial charge in [0.1, 0.15) is 5.67 Å². The van der Waals surface area contributed by atoms with E-state index in [0.29, 0.717) is 6.42 Å². The zero-order valence-corrected chi connectivity index (χ0v) is 9.20. The highest BCUT2D eigenvalue weighted by molar-refractivity contribution is 5.46. The van der Waals surface area contributed by atoms with Crippen molar-refractivity contribution in [3.63, 3.8) is 0 Å². The number of rotatable bonds is 0. The van der Waals surface area contributed by atoms with Gasteiger partial charge in [-0.15, -0.1) is 0 Å². The summed E-state index contributed by atoms with van der Waals surface area (Å²) in [5.74, 6) is 6.08. The highest BCUT2D eigenvalue weighted by Crippen LogP contribution is 2.23. The quantitative estimate of drug-likeness (QED) is 0.576. The minimum absolute atomic E-state index is 0.405. The fourth-order valence-electron chi connectivity index (χ4n) is 1.47. The van der Waals surface area contributed by atoms with Crippen LogP contribution in [0.15, 0.2) is 54.1 Å². The van der Waals surface area contributed by atoms with Crippen LogP contribution in [-0.4, -0.2) is 5.67 Å². The van der Waals surface area contributed by atoms with Gasteiger partial charge in [0, 0.05) is 17.6 Å². The maximum Gasteiger partial charge on any atom is 0.130 e. The lowest BCUT2D eigenvalue weighted by atomic mass is 9.96. The maximum absolute atomic E-state index is 13.4. The molecule has 80 valence electrons. The van der Waals surface area contributed by atoms with Crippen LogP contribution in [0.3, 0.4) is 0 Å². The first-order valence-electron chi connectivity index (χ1n) is 5.31. The van der Waals surface area contributed by atoms with Crippen molar-refractivity contribution < 1.29 is 4.39 Å². The van der Waals surface area contributed by atoms with Crippen molar-refractivity contribution in [3.8, 4) is 11.8 Å². The molecule has 1 aliphatic carbocycles. The third-order valence-corrected chi connectivity index (χ3v) is 2.46. The normalized spacial score (nSPS) is 23.2. The molecule has 16 heavy (non-hydrogen) atoms. The second-order valence-electron chi connectivity index (χ2n) is 4.09. The van der Waals surface area contributed by atoms with Gasteiger partial charge in [-0.3, -0.25) is 0 Å². The van der Waals surface area contributed by atoms with E-state index in [0.717, 1.165) is 11.1 Å². The fraction of sp³-hybridized carbons (Fsp3) is 0.200. The molecule has 0 N–H and O–H groups in total. The van der Waals surface area contributed by atoms with Crippen molar-refractivity contribution in [1.29, 1.82) is 0 Å². The van der Waals surface area contributed by atoms with Gasteiger partial charge < -0.3 is 0 Å². The summed E-state index contributed by atoms with van der Waals surface area (Å²) in [6.07, 6.45) is 5.57. The lowest BCUT2D eigenvalue weighted by molar-refractivity contribution is 0.259. The first kappa shape index (κ1) is 10.7. The van der Waals surface area contributed by atoms with E-state index in [1.807, 2.05) is 36.4 Å². The van der Waals surface area contributed by atoms with Crippen LogP contribution in [0.2, 0.25) is 0 Å². The molecule has 1 heteroatoms. The number of alkyl halides is 1. The molecule has 0 saturated heterocycles. The molecule has 0 bridgehead atoms. The maximum atomic E-state index is 13.4. The molecular weight excluding hydrogens is 199 g/mol. The molecule has 0 amide bonds. The third-order valence-electron chi connectivity index (χ3n) is 2.46. The van der Waals surface area contributed by atoms with Crippen LogP contribution >= 0.6 is 0 Å². The van der Waals surface area contributed by atoms with Crippen molar-refractivity contribution in [1.82, 2.24) is 0 Å². The van der Waals surface area contributed by atoms with Crippen molar-refractivity contribution in [2.45, 2.75) is 19.0 Å². The van der Waals surface area contributed by atoms with Gasteiger partial charge in [0.25, 0.3) is 0 Å². The van der Waals surface area contributed by atoms with E-state index in [-0.39, 0.29) is 0 Å². The van der Waals surface area contributed by atoms with E-state index in [1.165, 1.54) is 0 Å². The number of allylic oxidation sites excluding steroid dienone is 4. The Morgan fingerprint density at radius 2 is 1.94 bits per heavy atom. The van der Waals surface area contributed by atoms with Gasteiger partial charge in [-0.1, -0.05) is 36.1 Å². The van der Waals surface area contributed by atoms with Gasteiger partial charge in [0.2, 0.25) is 0 Å². The smallest absolute Gasteiger partial charge is 0.130 e. The molecule has 2 rings (SSSR count). The molecule has 0 nitrogen and oxygen atoms in total. The van der Waals surface area contributed by atoms with Crippen LogP contribution in [0, 0.1) is 11.8 Å². The Kier molecular flexibility index (Phi) is 2.92. The Morgan fingerprint density at radius 1 is 1.19 bits per heavy atom. The summed E-state index contributed by atoms with van der Waals surface area (Å²) < 4.78 is 13.4. The SMILES string of the molecule is CC1(F)C=CC(C#Cc2ccccc2)=CC1. The Labute approximate surface area is 95.5 Å². The van der Waals surface area contributed by atoms with E-state index >= 15 is 0 Å². The first-order chi connectivity index (χ1) is 7.66. The van der Waals surface area contributed by atoms with E-state index in [1.54, 1.807) is 19.1 Å². The Morgan fingerprint density at radius 3 is 2.56 bits per heavy atom. The standard InChI is InChI=1S/C15H13F/c1-15(16)11-9-14(10-12-15)8-7-13-5-3-2-4-6-13/h2-6,9-11H,12H2,1H3. The molecule has 1 unspecified atom stereocenters. The van der Waals surface area contributed by atoms with E-state index in [4.69, 9.17) is 0 Å². The van der Waals surface area contributed by atoms with E-state index in [2.05, 4.69) is 11.8 Å². The summed E-state index contributed by atoms with van der Waals surface area (Å²) in [5, 5.41) is 0. The fourth-order valence-corrected chi connectivity index (χ4v) is 1.47. The summed E-state index contributed by atoms with van der Waals surface area (Å²) in [6, 6.07) is 9.78. The summed E-state index contributed by atoms with van der Waals surface area (Å²) in [4.78, 5) is 0. The van der Waals surface area contributed by atoms with Gasteiger partial charge in [0.15, 0.2) is 0 Å². The molecule has 1 aliphatic rings. The lowest BCUT2D eigenvalue weighted by Crippen LogP contribution is -2.14. The van der Waals surface area contributed by atoms with E-state index in [9.17, 15) is 4.39 Å². The summed E-state index contributed by atoms with van der Waals surface area (Å²) in [7, 11) is 0. The number of halogens is 1. The minimum Gasteiger partial charge on any atom is -0.239 e. The van der Waals surface area contributed by atoms with Crippen LogP contribution in [0.25, 0.3) is 0 Å². The van der Waals surface area contributed by atoms with Gasteiger partial charge >= 0.3 is 0 Å². The molecule has 1 aromatic rings. The van der Waals surface area contributed by atoms with E-state index < -0.39 is 5.67 Å². The summed E-state index contributed by atoms with van der Waals surface area (Å²) in [6.45, 7) is 1.57. The topological polar surface area (TPSA) is 0 Å². The second-order valence-corrected chi connectivity index (χ2v) is 4.09. The molecule has 0 spiro atoms. The average Bonchev–Trinajstić information content (AvgIpc) is 2.29. The first-order valence-corrected chi connectivity index (χ1v) is 5.31. The highest BCUT2D eigenvalue weighted by atomic mass is 19.1. The molecule has 1 atom stereocenters. The molecule has 1 aromatic carbocycles. The van der Waals surface area contributed by atoms with Gasteiger partial charge in [0.05, 0.1) is 0 Å². The van der Waals surface area contributed by atoms with Gasteiger partial charge in [-0.05, 0) is 31.2 Å². The molecule has 0 fully saturated rings. The largest absolute Gasteiger partial charge is 0.239 e. The second kappa shape index (κ2) is 4.37.